The van der Waals surface area contributed by atoms with Crippen LogP contribution in [0.15, 0.2) is 53.5 Å². The zero-order valence-corrected chi connectivity index (χ0v) is 16.7. The molecule has 2 aliphatic heterocycles. The number of nitrogens with zero attached hydrogens (tertiary/aromatic N) is 2. The van der Waals surface area contributed by atoms with Crippen molar-refractivity contribution in [3.63, 3.8) is 0 Å². The van der Waals surface area contributed by atoms with Crippen LogP contribution in [0.25, 0.3) is 0 Å². The van der Waals surface area contributed by atoms with E-state index in [2.05, 4.69) is 36.1 Å². The van der Waals surface area contributed by atoms with Gasteiger partial charge in [0.2, 0.25) is 0 Å². The van der Waals surface area contributed by atoms with Crippen LogP contribution in [0, 0.1) is 6.92 Å². The number of aryl methyl sites for hydroxylation is 1. The molecule has 0 aromatic heterocycles. The molecule has 4 nitrogen and oxygen atoms in total. The summed E-state index contributed by atoms with van der Waals surface area (Å²) in [5.74, 6) is 1.09. The molecule has 0 spiro atoms. The van der Waals surface area contributed by atoms with Crippen molar-refractivity contribution in [2.75, 3.05) is 16.4 Å². The zero-order chi connectivity index (χ0) is 18.3. The van der Waals surface area contributed by atoms with Crippen molar-refractivity contribution in [3.8, 4) is 0 Å². The highest BCUT2D eigenvalue weighted by atomic mass is 35.5. The Morgan fingerprint density at radius 3 is 2.50 bits per heavy atom. The number of fused-ring (bicyclic) bond motifs is 1. The van der Waals surface area contributed by atoms with E-state index in [1.165, 1.54) is 11.1 Å². The third kappa shape index (κ3) is 3.63. The van der Waals surface area contributed by atoms with Crippen molar-refractivity contribution in [2.45, 2.75) is 24.8 Å². The third-order valence-electron chi connectivity index (χ3n) is 4.70. The molecule has 26 heavy (non-hydrogen) atoms. The first-order valence-electron chi connectivity index (χ1n) is 8.43. The maximum Gasteiger partial charge on any atom is 0.164 e. The summed E-state index contributed by atoms with van der Waals surface area (Å²) in [7, 11) is -3.03. The number of aliphatic imine (C=N–C) groups is 1. The van der Waals surface area contributed by atoms with Crippen LogP contribution < -0.4 is 4.90 Å². The Kier molecular flexibility index (Phi) is 4.75. The van der Waals surface area contributed by atoms with Gasteiger partial charge in [0, 0.05) is 16.5 Å². The van der Waals surface area contributed by atoms with Crippen molar-refractivity contribution >= 4 is 44.1 Å². The van der Waals surface area contributed by atoms with Crippen LogP contribution in [0.2, 0.25) is 5.02 Å². The highest BCUT2D eigenvalue weighted by molar-refractivity contribution is 8.13. The molecule has 0 amide bonds. The van der Waals surface area contributed by atoms with E-state index in [1.807, 2.05) is 24.3 Å². The molecule has 136 valence electrons. The highest BCUT2D eigenvalue weighted by Gasteiger charge is 2.47. The standard InChI is InChI=1S/C19H19ClN2O2S2/c1-13-2-4-14(5-3-13)10-25-19-21-17-11-26(23,24)12-18(17)22(19)16-8-6-15(20)7-9-16/h2-9,17-18H,10-12H2,1H3/t17-,18+/m0/s1. The molecule has 1 saturated heterocycles. The molecule has 1 fully saturated rings. The molecule has 2 aliphatic rings. The molecule has 2 heterocycles. The molecule has 2 aromatic carbocycles. The molecular weight excluding hydrogens is 388 g/mol. The second-order valence-electron chi connectivity index (χ2n) is 6.74. The van der Waals surface area contributed by atoms with Crippen molar-refractivity contribution in [3.05, 3.63) is 64.7 Å². The van der Waals surface area contributed by atoms with Gasteiger partial charge in [0.25, 0.3) is 0 Å². The lowest BCUT2D eigenvalue weighted by atomic mass is 10.1. The van der Waals surface area contributed by atoms with Crippen molar-refractivity contribution < 1.29 is 8.42 Å². The normalized spacial score (nSPS) is 23.8. The Bertz CT molecular complexity index is 941. The SMILES string of the molecule is Cc1ccc(CSC2=N[C@H]3CS(=O)(=O)C[C@H]3N2c2ccc(Cl)cc2)cc1. The number of hydrogen-bond donors (Lipinski definition) is 0. The maximum atomic E-state index is 12.1. The van der Waals surface area contributed by atoms with Gasteiger partial charge in [0.1, 0.15) is 0 Å². The average Bonchev–Trinajstić information content (AvgIpc) is 3.06. The summed E-state index contributed by atoms with van der Waals surface area (Å²) >= 11 is 7.67. The summed E-state index contributed by atoms with van der Waals surface area (Å²) in [4.78, 5) is 6.83. The largest absolute Gasteiger partial charge is 0.315 e. The quantitative estimate of drug-likeness (QED) is 0.775. The number of hydrogen-bond acceptors (Lipinski definition) is 5. The first-order valence-corrected chi connectivity index (χ1v) is 11.6. The van der Waals surface area contributed by atoms with Crippen LogP contribution in [0.1, 0.15) is 11.1 Å². The minimum absolute atomic E-state index is 0.123. The number of anilines is 1. The van der Waals surface area contributed by atoms with Crippen molar-refractivity contribution in [1.82, 2.24) is 0 Å². The molecule has 0 unspecified atom stereocenters. The molecular formula is C19H19ClN2O2S2. The van der Waals surface area contributed by atoms with Gasteiger partial charge in [-0.25, -0.2) is 8.42 Å². The van der Waals surface area contributed by atoms with Crippen LogP contribution >= 0.6 is 23.4 Å². The molecule has 0 N–H and O–H groups in total. The Morgan fingerprint density at radius 2 is 1.81 bits per heavy atom. The van der Waals surface area contributed by atoms with Gasteiger partial charge in [-0.3, -0.25) is 4.99 Å². The number of thioether (sulfide) groups is 1. The zero-order valence-electron chi connectivity index (χ0n) is 14.3. The summed E-state index contributed by atoms with van der Waals surface area (Å²) < 4.78 is 24.1. The molecule has 7 heteroatoms. The van der Waals surface area contributed by atoms with Gasteiger partial charge in [-0.1, -0.05) is 53.2 Å². The molecule has 2 aromatic rings. The maximum absolute atomic E-state index is 12.1. The van der Waals surface area contributed by atoms with Gasteiger partial charge < -0.3 is 4.90 Å². The Morgan fingerprint density at radius 1 is 1.12 bits per heavy atom. The summed E-state index contributed by atoms with van der Waals surface area (Å²) in [6.45, 7) is 2.07. The predicted molar refractivity (Wildman–Crippen MR) is 110 cm³/mol. The highest BCUT2D eigenvalue weighted by Crippen LogP contribution is 2.36. The summed E-state index contributed by atoms with van der Waals surface area (Å²) in [6.07, 6.45) is 0. The third-order valence-corrected chi connectivity index (χ3v) is 7.69. The molecule has 0 bridgehead atoms. The van der Waals surface area contributed by atoms with Crippen molar-refractivity contribution in [1.29, 1.82) is 0 Å². The fourth-order valence-electron chi connectivity index (χ4n) is 3.37. The van der Waals surface area contributed by atoms with Gasteiger partial charge in [-0.05, 0) is 36.8 Å². The van der Waals surface area contributed by atoms with Crippen LogP contribution in [0.3, 0.4) is 0 Å². The van der Waals surface area contributed by atoms with Gasteiger partial charge >= 0.3 is 0 Å². The fraction of sp³-hybridized carbons (Fsp3) is 0.316. The molecule has 0 aliphatic carbocycles. The summed E-state index contributed by atoms with van der Waals surface area (Å²) in [5, 5.41) is 1.55. The second-order valence-corrected chi connectivity index (χ2v) is 10.3. The van der Waals surface area contributed by atoms with E-state index >= 15 is 0 Å². The van der Waals surface area contributed by atoms with E-state index in [0.29, 0.717) is 5.02 Å². The smallest absolute Gasteiger partial charge is 0.164 e. The summed E-state index contributed by atoms with van der Waals surface area (Å²) in [6, 6.07) is 15.7. The van der Waals surface area contributed by atoms with E-state index in [4.69, 9.17) is 16.6 Å². The molecule has 2 atom stereocenters. The minimum Gasteiger partial charge on any atom is -0.315 e. The lowest BCUT2D eigenvalue weighted by Crippen LogP contribution is -2.39. The van der Waals surface area contributed by atoms with E-state index in [9.17, 15) is 8.42 Å². The van der Waals surface area contributed by atoms with Crippen LogP contribution in [0.5, 0.6) is 0 Å². The first kappa shape index (κ1) is 17.9. The number of benzene rings is 2. The lowest BCUT2D eigenvalue weighted by molar-refractivity contribution is 0.601. The van der Waals surface area contributed by atoms with E-state index in [-0.39, 0.29) is 23.6 Å². The fourth-order valence-corrected chi connectivity index (χ4v) is 6.42. The molecule has 0 radical (unpaired) electrons. The number of halogens is 1. The minimum atomic E-state index is -3.03. The predicted octanol–water partition coefficient (Wildman–Crippen LogP) is 3.92. The second kappa shape index (κ2) is 6.91. The Labute approximate surface area is 163 Å². The van der Waals surface area contributed by atoms with Crippen molar-refractivity contribution in [2.24, 2.45) is 4.99 Å². The van der Waals surface area contributed by atoms with Gasteiger partial charge in [0.15, 0.2) is 15.0 Å². The summed E-state index contributed by atoms with van der Waals surface area (Å²) in [5.41, 5.74) is 3.40. The number of sulfone groups is 1. The number of rotatable bonds is 3. The van der Waals surface area contributed by atoms with E-state index < -0.39 is 9.84 Å². The monoisotopic (exact) mass is 406 g/mol. The Balaban J connectivity index is 1.60. The van der Waals surface area contributed by atoms with E-state index in [1.54, 1.807) is 11.8 Å². The first-order chi connectivity index (χ1) is 12.4. The van der Waals surface area contributed by atoms with E-state index in [0.717, 1.165) is 16.6 Å². The lowest BCUT2D eigenvalue weighted by Gasteiger charge is -2.26. The van der Waals surface area contributed by atoms with Crippen LogP contribution in [0.4, 0.5) is 5.69 Å². The molecule has 4 rings (SSSR count). The Hall–Kier alpha value is -1.50. The number of amidine groups is 1. The van der Waals surface area contributed by atoms with Crippen LogP contribution in [-0.4, -0.2) is 37.2 Å². The molecule has 0 saturated carbocycles. The average molecular weight is 407 g/mol. The van der Waals surface area contributed by atoms with Gasteiger partial charge in [-0.2, -0.15) is 0 Å². The van der Waals surface area contributed by atoms with Crippen LogP contribution in [-0.2, 0) is 15.6 Å². The van der Waals surface area contributed by atoms with Gasteiger partial charge in [0.05, 0.1) is 23.6 Å². The topological polar surface area (TPSA) is 49.7 Å². The van der Waals surface area contributed by atoms with Gasteiger partial charge in [-0.15, -0.1) is 0 Å².